The third kappa shape index (κ3) is 5.23. The number of rotatable bonds is 6. The molecule has 3 rings (SSSR count). The third-order valence-electron chi connectivity index (χ3n) is 4.69. The van der Waals surface area contributed by atoms with Crippen LogP contribution in [0.3, 0.4) is 0 Å². The molecule has 34 heavy (non-hydrogen) atoms. The van der Waals surface area contributed by atoms with Crippen molar-refractivity contribution in [3.05, 3.63) is 59.1 Å². The molecule has 0 aliphatic heterocycles. The van der Waals surface area contributed by atoms with E-state index in [0.29, 0.717) is 22.1 Å². The number of aliphatic hydroxyl groups is 2. The summed E-state index contributed by atoms with van der Waals surface area (Å²) in [6.07, 6.45) is 2.29. The number of benzene rings is 2. The molecular formula is C24H22N4O6. The molecule has 0 amide bonds. The number of ether oxygens (including phenoxy) is 2. The molecule has 3 aromatic rings. The van der Waals surface area contributed by atoms with Gasteiger partial charge in [0, 0.05) is 12.4 Å². The highest BCUT2D eigenvalue weighted by Crippen LogP contribution is 2.33. The molecule has 0 aliphatic carbocycles. The predicted molar refractivity (Wildman–Crippen MR) is 128 cm³/mol. The second-order valence-electron chi connectivity index (χ2n) is 7.04. The van der Waals surface area contributed by atoms with Crippen molar-refractivity contribution in [3.8, 4) is 0 Å². The van der Waals surface area contributed by atoms with E-state index in [4.69, 9.17) is 0 Å². The fourth-order valence-electron chi connectivity index (χ4n) is 2.93. The first-order valence-corrected chi connectivity index (χ1v) is 10.00. The summed E-state index contributed by atoms with van der Waals surface area (Å²) in [4.78, 5) is 41.7. The van der Waals surface area contributed by atoms with Crippen molar-refractivity contribution in [1.29, 1.82) is 0 Å². The van der Waals surface area contributed by atoms with Gasteiger partial charge in [-0.05, 0) is 38.1 Å². The average Bonchev–Trinajstić information content (AvgIpc) is 2.82. The largest absolute Gasteiger partial charge is 0.512 e. The van der Waals surface area contributed by atoms with Gasteiger partial charge in [-0.25, -0.2) is 19.6 Å². The number of aliphatic imine (C=N–C) groups is 2. The van der Waals surface area contributed by atoms with E-state index in [0.717, 1.165) is 12.4 Å². The lowest BCUT2D eigenvalue weighted by Gasteiger charge is -2.07. The molecule has 1 heterocycles. The lowest BCUT2D eigenvalue weighted by Crippen LogP contribution is -2.08. The summed E-state index contributed by atoms with van der Waals surface area (Å²) >= 11 is 0. The van der Waals surface area contributed by atoms with Crippen molar-refractivity contribution in [2.24, 2.45) is 9.98 Å². The third-order valence-corrected chi connectivity index (χ3v) is 4.69. The van der Waals surface area contributed by atoms with Crippen molar-refractivity contribution in [3.63, 3.8) is 0 Å². The standard InChI is InChI=1S/C24H22N4O6/c1-13(29)15(23(31)33-3)11-25-19-9-21-22(28-18-8-6-5-7-17(18)27-21)10-20(19)26-12-16(14(2)30)24(32)34-4/h5-12,29-30H,1-4H3/b15-13+,16-14+,25-11?,26-12?. The second kappa shape index (κ2) is 10.3. The van der Waals surface area contributed by atoms with Gasteiger partial charge in [-0.3, -0.25) is 9.98 Å². The monoisotopic (exact) mass is 462 g/mol. The Kier molecular flexibility index (Phi) is 7.32. The summed E-state index contributed by atoms with van der Waals surface area (Å²) in [7, 11) is 2.37. The van der Waals surface area contributed by atoms with Gasteiger partial charge < -0.3 is 19.7 Å². The molecule has 0 aliphatic rings. The van der Waals surface area contributed by atoms with Gasteiger partial charge in [-0.2, -0.15) is 0 Å². The fraction of sp³-hybridized carbons (Fsp3) is 0.167. The Morgan fingerprint density at radius 1 is 0.765 bits per heavy atom. The molecule has 174 valence electrons. The molecule has 0 saturated heterocycles. The first kappa shape index (κ1) is 24.1. The zero-order valence-corrected chi connectivity index (χ0v) is 18.9. The molecule has 0 bridgehead atoms. The number of carbonyl (C=O) groups is 2. The number of carbonyl (C=O) groups excluding carboxylic acids is 2. The molecule has 0 saturated carbocycles. The summed E-state index contributed by atoms with van der Waals surface area (Å²) in [5.41, 5.74) is 2.59. The predicted octanol–water partition coefficient (Wildman–Crippen LogP) is 4.20. The Labute approximate surface area is 194 Å². The number of allylic oxidation sites excluding steroid dienone is 2. The van der Waals surface area contributed by atoms with Crippen LogP contribution in [0.5, 0.6) is 0 Å². The summed E-state index contributed by atoms with van der Waals surface area (Å²) in [6.45, 7) is 2.65. The number of hydrogen-bond donors (Lipinski definition) is 2. The van der Waals surface area contributed by atoms with Gasteiger partial charge in [-0.15, -0.1) is 0 Å². The summed E-state index contributed by atoms with van der Waals surface area (Å²) in [5.74, 6) is -2.10. The molecule has 0 unspecified atom stereocenters. The van der Waals surface area contributed by atoms with E-state index >= 15 is 0 Å². The topological polar surface area (TPSA) is 144 Å². The number of esters is 2. The highest BCUT2D eigenvalue weighted by atomic mass is 16.5. The highest BCUT2D eigenvalue weighted by Gasteiger charge is 2.14. The zero-order chi connectivity index (χ0) is 24.8. The number of aliphatic hydroxyl groups excluding tert-OH is 2. The Hall–Kier alpha value is -4.60. The molecule has 2 N–H and O–H groups in total. The van der Waals surface area contributed by atoms with Crippen molar-refractivity contribution >= 4 is 57.8 Å². The Morgan fingerprint density at radius 2 is 1.15 bits per heavy atom. The maximum atomic E-state index is 11.9. The molecule has 1 aromatic heterocycles. The lowest BCUT2D eigenvalue weighted by molar-refractivity contribution is -0.136. The van der Waals surface area contributed by atoms with Crippen LogP contribution >= 0.6 is 0 Å². The number of nitrogens with zero attached hydrogens (tertiary/aromatic N) is 4. The molecule has 0 fully saturated rings. The van der Waals surface area contributed by atoms with Crippen LogP contribution in [0, 0.1) is 0 Å². The number of para-hydroxylation sites is 2. The zero-order valence-electron chi connectivity index (χ0n) is 18.9. The molecule has 10 nitrogen and oxygen atoms in total. The maximum absolute atomic E-state index is 11.9. The van der Waals surface area contributed by atoms with Gasteiger partial charge in [0.15, 0.2) is 0 Å². The van der Waals surface area contributed by atoms with E-state index < -0.39 is 11.9 Å². The quantitative estimate of drug-likeness (QED) is 0.182. The van der Waals surface area contributed by atoms with Crippen LogP contribution in [0.25, 0.3) is 22.1 Å². The van der Waals surface area contributed by atoms with Crippen LogP contribution in [0.2, 0.25) is 0 Å². The Balaban J connectivity index is 2.21. The first-order valence-electron chi connectivity index (χ1n) is 10.00. The number of fused-ring (bicyclic) bond motifs is 2. The molecule has 0 atom stereocenters. The summed E-state index contributed by atoms with van der Waals surface area (Å²) < 4.78 is 9.34. The van der Waals surface area contributed by atoms with Gasteiger partial charge >= 0.3 is 11.9 Å². The van der Waals surface area contributed by atoms with Crippen LogP contribution < -0.4 is 0 Å². The highest BCUT2D eigenvalue weighted by molar-refractivity contribution is 6.12. The molecular weight excluding hydrogens is 440 g/mol. The minimum Gasteiger partial charge on any atom is -0.512 e. The summed E-state index contributed by atoms with van der Waals surface area (Å²) in [5, 5.41) is 19.7. The number of methoxy groups -OCH3 is 2. The van der Waals surface area contributed by atoms with Crippen molar-refractivity contribution in [2.45, 2.75) is 13.8 Å². The second-order valence-corrected chi connectivity index (χ2v) is 7.04. The normalized spacial score (nSPS) is 13.3. The van der Waals surface area contributed by atoms with Gasteiger partial charge in [0.05, 0.1) is 47.7 Å². The molecule has 10 heteroatoms. The van der Waals surface area contributed by atoms with Gasteiger partial charge in [0.2, 0.25) is 0 Å². The smallest absolute Gasteiger partial charge is 0.342 e. The van der Waals surface area contributed by atoms with Crippen LogP contribution in [-0.4, -0.2) is 58.8 Å². The van der Waals surface area contributed by atoms with Gasteiger partial charge in [0.25, 0.3) is 0 Å². The van der Waals surface area contributed by atoms with E-state index in [2.05, 4.69) is 29.4 Å². The van der Waals surface area contributed by atoms with Crippen molar-refractivity contribution < 1.29 is 29.3 Å². The average molecular weight is 462 g/mol. The van der Waals surface area contributed by atoms with Crippen LogP contribution in [0.1, 0.15) is 13.8 Å². The lowest BCUT2D eigenvalue weighted by atomic mass is 10.2. The van der Waals surface area contributed by atoms with Crippen LogP contribution in [0.4, 0.5) is 11.4 Å². The van der Waals surface area contributed by atoms with E-state index in [-0.39, 0.29) is 34.0 Å². The van der Waals surface area contributed by atoms with Gasteiger partial charge in [-0.1, -0.05) is 12.1 Å². The van der Waals surface area contributed by atoms with E-state index in [9.17, 15) is 19.8 Å². The Bertz CT molecular complexity index is 1290. The Morgan fingerprint density at radius 3 is 1.47 bits per heavy atom. The molecule has 2 aromatic carbocycles. The minimum absolute atomic E-state index is 0.150. The van der Waals surface area contributed by atoms with Crippen molar-refractivity contribution in [2.75, 3.05) is 14.2 Å². The minimum atomic E-state index is -0.771. The van der Waals surface area contributed by atoms with Crippen molar-refractivity contribution in [1.82, 2.24) is 9.97 Å². The first-order chi connectivity index (χ1) is 16.2. The number of hydrogen-bond acceptors (Lipinski definition) is 10. The van der Waals surface area contributed by atoms with Crippen LogP contribution in [-0.2, 0) is 19.1 Å². The van der Waals surface area contributed by atoms with Gasteiger partial charge in [0.1, 0.15) is 22.7 Å². The molecule has 0 radical (unpaired) electrons. The summed E-state index contributed by atoms with van der Waals surface area (Å²) in [6, 6.07) is 10.5. The molecule has 0 spiro atoms. The number of aromatic nitrogens is 2. The van der Waals surface area contributed by atoms with E-state index in [1.165, 1.54) is 28.1 Å². The SMILES string of the molecule is COC(=O)/C(C=Nc1cc2nc3ccccc3nc2cc1N=C/C(C(=O)OC)=C(/C)O)=C(\C)O. The van der Waals surface area contributed by atoms with Crippen LogP contribution in [0.15, 0.2) is 69.0 Å². The van der Waals surface area contributed by atoms with E-state index in [1.807, 2.05) is 24.3 Å². The van der Waals surface area contributed by atoms with E-state index in [1.54, 1.807) is 12.1 Å². The fourth-order valence-corrected chi connectivity index (χ4v) is 2.93. The maximum Gasteiger partial charge on any atom is 0.342 e.